The van der Waals surface area contributed by atoms with Crippen molar-refractivity contribution in [1.82, 2.24) is 0 Å². The summed E-state index contributed by atoms with van der Waals surface area (Å²) < 4.78 is 46.3. The van der Waals surface area contributed by atoms with Crippen LogP contribution in [0, 0.1) is 0 Å². The van der Waals surface area contributed by atoms with Gasteiger partial charge in [-0.05, 0) is 75.1 Å². The molecule has 0 aromatic heterocycles. The van der Waals surface area contributed by atoms with Crippen molar-refractivity contribution >= 4 is 51.2 Å². The number of hydrogen-bond donors (Lipinski definition) is 2. The lowest BCUT2D eigenvalue weighted by molar-refractivity contribution is -0.438. The van der Waals surface area contributed by atoms with Crippen LogP contribution in [0.2, 0.25) is 0 Å². The van der Waals surface area contributed by atoms with E-state index in [1.165, 1.54) is 0 Å². The van der Waals surface area contributed by atoms with E-state index in [-0.39, 0.29) is 22.6 Å². The lowest BCUT2D eigenvalue weighted by atomic mass is 9.81. The average molecular weight is 708 g/mol. The first-order valence-corrected chi connectivity index (χ1v) is 18.7. The van der Waals surface area contributed by atoms with Crippen LogP contribution in [-0.4, -0.2) is 74.6 Å². The van der Waals surface area contributed by atoms with E-state index in [2.05, 4.69) is 9.48 Å². The molecule has 2 heterocycles. The number of unbranched alkanes of at least 4 members (excludes halogenated alkanes) is 2. The maximum Gasteiger partial charge on any atom is 0.335 e. The molecular weight excluding hydrogens is 665 g/mol. The Labute approximate surface area is 292 Å². The molecule has 2 N–H and O–H groups in total. The Bertz CT molecular complexity index is 1800. The van der Waals surface area contributed by atoms with Gasteiger partial charge in [-0.3, -0.25) is 8.42 Å². The number of carbonyl (C=O) groups is 2. The summed E-state index contributed by atoms with van der Waals surface area (Å²) >= 11 is -4.20. The summed E-state index contributed by atoms with van der Waals surface area (Å²) in [5.41, 5.74) is 5.04. The zero-order valence-corrected chi connectivity index (χ0v) is 29.9. The third-order valence-corrected chi connectivity index (χ3v) is 10.4. The first-order chi connectivity index (χ1) is 23.2. The van der Waals surface area contributed by atoms with Gasteiger partial charge in [0.05, 0.1) is 16.5 Å². The molecule has 12 heteroatoms. The van der Waals surface area contributed by atoms with E-state index in [0.717, 1.165) is 33.9 Å². The molecule has 2 aliphatic heterocycles. The predicted molar refractivity (Wildman–Crippen MR) is 192 cm³/mol. The van der Waals surface area contributed by atoms with Crippen molar-refractivity contribution in [2.24, 2.45) is 0 Å². The molecule has 2 aromatic carbocycles. The monoisotopic (exact) mass is 707 g/mol. The van der Waals surface area contributed by atoms with E-state index >= 15 is 0 Å². The molecule has 0 aliphatic carbocycles. The maximum absolute atomic E-state index is 11.7. The van der Waals surface area contributed by atoms with Crippen LogP contribution in [-0.2, 0) is 33.0 Å². The Kier molecular flexibility index (Phi) is 12.5. The topological polar surface area (TPSA) is 161 Å². The van der Waals surface area contributed by atoms with Crippen LogP contribution in [0.25, 0.3) is 0 Å². The van der Waals surface area contributed by atoms with Crippen LogP contribution in [0.4, 0.5) is 11.4 Å². The molecular formula is C37H43N2O8S2-. The van der Waals surface area contributed by atoms with Gasteiger partial charge in [-0.1, -0.05) is 66.4 Å². The first kappa shape index (κ1) is 37.8. The van der Waals surface area contributed by atoms with Crippen molar-refractivity contribution in [3.63, 3.8) is 0 Å². The molecule has 10 nitrogen and oxygen atoms in total. The SMILES string of the molecule is CC1(C)C(/C=C/C=C/C=C/C=C2\N(CCCCS(=O)[O-])c3ccc(C(=O)O)cc3C2(C)C)=[N+](CCCCS(=O)[O-])c2ccc(C(=O)O)cc21. The molecule has 0 radical (unpaired) electrons. The van der Waals surface area contributed by atoms with Gasteiger partial charge in [0.2, 0.25) is 5.69 Å². The minimum atomic E-state index is -2.10. The van der Waals surface area contributed by atoms with Gasteiger partial charge >= 0.3 is 11.9 Å². The largest absolute Gasteiger partial charge is 0.772 e. The highest BCUT2D eigenvalue weighted by atomic mass is 32.2. The highest BCUT2D eigenvalue weighted by molar-refractivity contribution is 7.79. The molecule has 2 aliphatic rings. The average Bonchev–Trinajstić information content (AvgIpc) is 3.38. The number of benzene rings is 2. The fourth-order valence-corrected chi connectivity index (χ4v) is 7.44. The third-order valence-electron chi connectivity index (χ3n) is 9.12. The minimum absolute atomic E-state index is 0.0897. The van der Waals surface area contributed by atoms with E-state index in [1.807, 2.05) is 82.4 Å². The van der Waals surface area contributed by atoms with Crippen LogP contribution in [0.1, 0.15) is 85.2 Å². The molecule has 0 saturated heterocycles. The highest BCUT2D eigenvalue weighted by Gasteiger charge is 2.44. The Morgan fingerprint density at radius 2 is 1.35 bits per heavy atom. The second-order valence-corrected chi connectivity index (χ2v) is 15.2. The second-order valence-electron chi connectivity index (χ2n) is 13.1. The summed E-state index contributed by atoms with van der Waals surface area (Å²) in [5.74, 6) is -1.81. The van der Waals surface area contributed by atoms with Crippen LogP contribution < -0.4 is 4.90 Å². The maximum atomic E-state index is 11.7. The standard InChI is InChI=1S/C37H44N2O8S2/c1-36(2)28-24-26(34(40)41)16-18-30(28)38(20-10-12-22-48(44)45)32(36)14-8-6-5-7-9-15-33-37(3,4)29-25-27(35(42)43)17-19-31(29)39(33)21-11-13-23-49(46)47/h5-9,14-19,24-25H,10-13,20-23H2,1-4H3,(H3-,40,41,42,43,44,45,46,47)/p-1. The van der Waals surface area contributed by atoms with Crippen molar-refractivity contribution in [3.05, 3.63) is 107 Å². The molecule has 0 fully saturated rings. The van der Waals surface area contributed by atoms with Gasteiger partial charge in [0.15, 0.2) is 5.71 Å². The molecule has 2 aromatic rings. The summed E-state index contributed by atoms with van der Waals surface area (Å²) in [6.45, 7) is 9.37. The fourth-order valence-electron chi connectivity index (χ4n) is 6.56. The van der Waals surface area contributed by atoms with Crippen molar-refractivity contribution in [2.45, 2.75) is 64.2 Å². The van der Waals surface area contributed by atoms with Crippen LogP contribution in [0.5, 0.6) is 0 Å². The number of rotatable bonds is 16. The summed E-state index contributed by atoms with van der Waals surface area (Å²) in [4.78, 5) is 25.5. The second kappa shape index (κ2) is 16.2. The molecule has 262 valence electrons. The summed E-state index contributed by atoms with van der Waals surface area (Å²) in [6, 6.07) is 10.2. The van der Waals surface area contributed by atoms with E-state index in [1.54, 1.807) is 24.3 Å². The lowest BCUT2D eigenvalue weighted by Gasteiger charge is -2.27. The predicted octanol–water partition coefficient (Wildman–Crippen LogP) is 6.13. The number of carboxylic acids is 2. The first-order valence-electron chi connectivity index (χ1n) is 16.2. The number of hydrogen-bond acceptors (Lipinski definition) is 7. The fraction of sp³-hybridized carbons (Fsp3) is 0.378. The van der Waals surface area contributed by atoms with Gasteiger partial charge in [0, 0.05) is 59.0 Å². The smallest absolute Gasteiger partial charge is 0.335 e. The van der Waals surface area contributed by atoms with Crippen LogP contribution >= 0.6 is 0 Å². The lowest BCUT2D eigenvalue weighted by Crippen LogP contribution is -2.28. The van der Waals surface area contributed by atoms with E-state index in [4.69, 9.17) is 0 Å². The molecule has 2 unspecified atom stereocenters. The van der Waals surface area contributed by atoms with Crippen LogP contribution in [0.3, 0.4) is 0 Å². The Hall–Kier alpha value is -3.97. The van der Waals surface area contributed by atoms with Crippen molar-refractivity contribution in [3.8, 4) is 0 Å². The number of anilines is 1. The Balaban J connectivity index is 1.56. The van der Waals surface area contributed by atoms with Gasteiger partial charge in [-0.2, -0.15) is 4.58 Å². The third kappa shape index (κ3) is 8.80. The molecule has 0 bridgehead atoms. The van der Waals surface area contributed by atoms with Crippen molar-refractivity contribution in [2.75, 3.05) is 29.5 Å². The Morgan fingerprint density at radius 3 is 1.98 bits per heavy atom. The molecule has 0 amide bonds. The van der Waals surface area contributed by atoms with Gasteiger partial charge in [0.25, 0.3) is 0 Å². The van der Waals surface area contributed by atoms with Gasteiger partial charge < -0.3 is 24.2 Å². The molecule has 49 heavy (non-hydrogen) atoms. The minimum Gasteiger partial charge on any atom is -0.772 e. The highest BCUT2D eigenvalue weighted by Crippen LogP contribution is 2.48. The van der Waals surface area contributed by atoms with Gasteiger partial charge in [-0.25, -0.2) is 9.59 Å². The van der Waals surface area contributed by atoms with Crippen LogP contribution in [0.15, 0.2) is 84.6 Å². The van der Waals surface area contributed by atoms with E-state index in [0.29, 0.717) is 38.8 Å². The zero-order valence-electron chi connectivity index (χ0n) is 28.2. The zero-order chi connectivity index (χ0) is 35.9. The Morgan fingerprint density at radius 1 is 0.776 bits per heavy atom. The van der Waals surface area contributed by atoms with Gasteiger partial charge in [0.1, 0.15) is 6.54 Å². The molecule has 0 spiro atoms. The van der Waals surface area contributed by atoms with E-state index in [9.17, 15) is 37.3 Å². The van der Waals surface area contributed by atoms with E-state index < -0.39 is 44.9 Å². The summed E-state index contributed by atoms with van der Waals surface area (Å²) in [6.07, 6.45) is 15.9. The van der Waals surface area contributed by atoms with Crippen molar-refractivity contribution in [1.29, 1.82) is 0 Å². The summed E-state index contributed by atoms with van der Waals surface area (Å²) in [5, 5.41) is 19.2. The van der Waals surface area contributed by atoms with Gasteiger partial charge in [-0.15, -0.1) is 0 Å². The normalized spacial score (nSPS) is 18.6. The number of nitrogens with zero attached hydrogens (tertiary/aromatic N) is 2. The number of fused-ring (bicyclic) bond motifs is 2. The van der Waals surface area contributed by atoms with Crippen molar-refractivity contribution < 1.29 is 41.9 Å². The molecule has 0 saturated carbocycles. The number of carboxylic acid groups (broad SMARTS) is 2. The number of allylic oxidation sites excluding steroid dienone is 8. The molecule has 4 rings (SSSR count). The summed E-state index contributed by atoms with van der Waals surface area (Å²) in [7, 11) is 0. The quantitative estimate of drug-likeness (QED) is 0.0905. The number of aromatic carboxylic acids is 2. The molecule has 2 atom stereocenters.